The fraction of sp³-hybridized carbons (Fsp3) is 0.0833. The third-order valence-corrected chi connectivity index (χ3v) is 2.08. The summed E-state index contributed by atoms with van der Waals surface area (Å²) in [5.74, 6) is 0. The largest absolute Gasteiger partial charge is 0.265 e. The van der Waals surface area contributed by atoms with Gasteiger partial charge in [-0.15, -0.1) is 0 Å². The van der Waals surface area contributed by atoms with Crippen LogP contribution in [0.1, 0.15) is 5.56 Å². The number of aromatic nitrogens is 2. The van der Waals surface area contributed by atoms with Crippen molar-refractivity contribution in [1.29, 1.82) is 5.26 Å². The molecule has 0 amide bonds. The van der Waals surface area contributed by atoms with Gasteiger partial charge in [-0.2, -0.15) is 5.26 Å². The Labute approximate surface area is 88.1 Å². The average molecular weight is 195 g/mol. The number of pyridine rings is 2. The molecule has 0 bridgehead atoms. The molecule has 0 fully saturated rings. The molecule has 15 heavy (non-hydrogen) atoms. The van der Waals surface area contributed by atoms with E-state index >= 15 is 0 Å². The molecule has 0 unspecified atom stereocenters. The van der Waals surface area contributed by atoms with Crippen LogP contribution in [-0.4, -0.2) is 9.97 Å². The molecule has 2 rings (SSSR count). The van der Waals surface area contributed by atoms with Crippen LogP contribution in [0.4, 0.5) is 0 Å². The van der Waals surface area contributed by atoms with Crippen molar-refractivity contribution in [2.24, 2.45) is 0 Å². The summed E-state index contributed by atoms with van der Waals surface area (Å²) in [5.41, 5.74) is 2.88. The first kappa shape index (κ1) is 9.35. The Bertz CT molecular complexity index is 468. The van der Waals surface area contributed by atoms with Gasteiger partial charge in [0.05, 0.1) is 18.2 Å². The number of nitriles is 1. The van der Waals surface area contributed by atoms with Gasteiger partial charge in [0.2, 0.25) is 0 Å². The van der Waals surface area contributed by atoms with Crippen molar-refractivity contribution < 1.29 is 0 Å². The molecular weight excluding hydrogens is 186 g/mol. The van der Waals surface area contributed by atoms with Crippen LogP contribution in [0, 0.1) is 11.3 Å². The molecule has 0 aliphatic heterocycles. The highest BCUT2D eigenvalue weighted by atomic mass is 14.7. The molecule has 0 saturated heterocycles. The Morgan fingerprint density at radius 3 is 2.53 bits per heavy atom. The van der Waals surface area contributed by atoms with Gasteiger partial charge >= 0.3 is 0 Å². The standard InChI is InChI=1S/C12H9N3/c13-6-3-10-1-2-12(15-9-10)11-4-7-14-8-5-11/h1-2,4-5,7-9H,3H2. The molecule has 0 saturated carbocycles. The van der Waals surface area contributed by atoms with E-state index in [0.29, 0.717) is 6.42 Å². The molecule has 0 N–H and O–H groups in total. The van der Waals surface area contributed by atoms with Crippen LogP contribution in [0.5, 0.6) is 0 Å². The summed E-state index contributed by atoms with van der Waals surface area (Å²) in [7, 11) is 0. The van der Waals surface area contributed by atoms with E-state index in [4.69, 9.17) is 5.26 Å². The summed E-state index contributed by atoms with van der Waals surface area (Å²) < 4.78 is 0. The molecule has 0 radical (unpaired) electrons. The van der Waals surface area contributed by atoms with Crippen molar-refractivity contribution in [3.05, 3.63) is 48.4 Å². The van der Waals surface area contributed by atoms with Crippen LogP contribution >= 0.6 is 0 Å². The smallest absolute Gasteiger partial charge is 0.0703 e. The summed E-state index contributed by atoms with van der Waals surface area (Å²) in [4.78, 5) is 8.24. The lowest BCUT2D eigenvalue weighted by molar-refractivity contribution is 1.19. The normalized spacial score (nSPS) is 9.53. The van der Waals surface area contributed by atoms with Gasteiger partial charge in [-0.05, 0) is 23.8 Å². The minimum Gasteiger partial charge on any atom is -0.265 e. The molecule has 0 aromatic carbocycles. The van der Waals surface area contributed by atoms with Gasteiger partial charge in [0.15, 0.2) is 0 Å². The Balaban J connectivity index is 2.29. The molecule has 0 aliphatic rings. The minimum atomic E-state index is 0.406. The maximum Gasteiger partial charge on any atom is 0.0703 e. The molecule has 0 aliphatic carbocycles. The third kappa shape index (κ3) is 2.18. The molecule has 2 aromatic rings. The van der Waals surface area contributed by atoms with Crippen molar-refractivity contribution in [3.8, 4) is 17.3 Å². The zero-order valence-corrected chi connectivity index (χ0v) is 8.09. The number of nitrogens with zero attached hydrogens (tertiary/aromatic N) is 3. The van der Waals surface area contributed by atoms with E-state index in [1.54, 1.807) is 18.6 Å². The quantitative estimate of drug-likeness (QED) is 0.738. The van der Waals surface area contributed by atoms with Crippen LogP contribution in [0.3, 0.4) is 0 Å². The Morgan fingerprint density at radius 1 is 1.13 bits per heavy atom. The van der Waals surface area contributed by atoms with Crippen LogP contribution in [-0.2, 0) is 6.42 Å². The SMILES string of the molecule is N#CCc1ccc(-c2ccncc2)nc1. The van der Waals surface area contributed by atoms with Gasteiger partial charge in [-0.25, -0.2) is 0 Å². The second kappa shape index (κ2) is 4.34. The maximum absolute atomic E-state index is 8.52. The first-order chi connectivity index (χ1) is 7.40. The predicted octanol–water partition coefficient (Wildman–Crippen LogP) is 2.21. The van der Waals surface area contributed by atoms with Crippen molar-refractivity contribution >= 4 is 0 Å². The summed E-state index contributed by atoms with van der Waals surface area (Å²) in [6.45, 7) is 0. The van der Waals surface area contributed by atoms with E-state index in [1.807, 2.05) is 24.3 Å². The first-order valence-electron chi connectivity index (χ1n) is 4.62. The van der Waals surface area contributed by atoms with E-state index in [2.05, 4.69) is 16.0 Å². The lowest BCUT2D eigenvalue weighted by atomic mass is 10.1. The summed E-state index contributed by atoms with van der Waals surface area (Å²) in [5, 5.41) is 8.52. The van der Waals surface area contributed by atoms with E-state index in [0.717, 1.165) is 16.8 Å². The monoisotopic (exact) mass is 195 g/mol. The summed E-state index contributed by atoms with van der Waals surface area (Å²) in [6.07, 6.45) is 5.61. The van der Waals surface area contributed by atoms with Crippen LogP contribution in [0.2, 0.25) is 0 Å². The molecular formula is C12H9N3. The second-order valence-corrected chi connectivity index (χ2v) is 3.12. The maximum atomic E-state index is 8.52. The minimum absolute atomic E-state index is 0.406. The second-order valence-electron chi connectivity index (χ2n) is 3.12. The fourth-order valence-electron chi connectivity index (χ4n) is 1.31. The van der Waals surface area contributed by atoms with E-state index in [-0.39, 0.29) is 0 Å². The highest BCUT2D eigenvalue weighted by Gasteiger charge is 1.98. The summed E-state index contributed by atoms with van der Waals surface area (Å²) >= 11 is 0. The highest BCUT2D eigenvalue weighted by molar-refractivity contribution is 5.57. The van der Waals surface area contributed by atoms with E-state index < -0.39 is 0 Å². The molecule has 2 heterocycles. The highest BCUT2D eigenvalue weighted by Crippen LogP contribution is 2.15. The Morgan fingerprint density at radius 2 is 1.93 bits per heavy atom. The predicted molar refractivity (Wildman–Crippen MR) is 56.8 cm³/mol. The molecule has 2 aromatic heterocycles. The van der Waals surface area contributed by atoms with Gasteiger partial charge in [0.1, 0.15) is 0 Å². The number of hydrogen-bond donors (Lipinski definition) is 0. The topological polar surface area (TPSA) is 49.6 Å². The lowest BCUT2D eigenvalue weighted by Crippen LogP contribution is -1.87. The van der Waals surface area contributed by atoms with Crippen molar-refractivity contribution in [2.45, 2.75) is 6.42 Å². The Kier molecular flexibility index (Phi) is 2.70. The van der Waals surface area contributed by atoms with Crippen LogP contribution in [0.25, 0.3) is 11.3 Å². The van der Waals surface area contributed by atoms with E-state index in [9.17, 15) is 0 Å². The van der Waals surface area contributed by atoms with Gasteiger partial charge in [0, 0.05) is 24.2 Å². The molecule has 3 heteroatoms. The van der Waals surface area contributed by atoms with Crippen LogP contribution in [0.15, 0.2) is 42.9 Å². The lowest BCUT2D eigenvalue weighted by Gasteiger charge is -2.00. The van der Waals surface area contributed by atoms with E-state index in [1.165, 1.54) is 0 Å². The van der Waals surface area contributed by atoms with Crippen molar-refractivity contribution in [1.82, 2.24) is 9.97 Å². The first-order valence-corrected chi connectivity index (χ1v) is 4.62. The summed E-state index contributed by atoms with van der Waals surface area (Å²) in [6, 6.07) is 9.75. The number of rotatable bonds is 2. The van der Waals surface area contributed by atoms with Gasteiger partial charge in [0.25, 0.3) is 0 Å². The fourth-order valence-corrected chi connectivity index (χ4v) is 1.31. The molecule has 0 atom stereocenters. The molecule has 0 spiro atoms. The Hall–Kier alpha value is -2.21. The van der Waals surface area contributed by atoms with Crippen LogP contribution < -0.4 is 0 Å². The average Bonchev–Trinajstić information content (AvgIpc) is 2.32. The van der Waals surface area contributed by atoms with Crippen molar-refractivity contribution in [3.63, 3.8) is 0 Å². The van der Waals surface area contributed by atoms with Crippen molar-refractivity contribution in [2.75, 3.05) is 0 Å². The zero-order chi connectivity index (χ0) is 10.5. The van der Waals surface area contributed by atoms with Gasteiger partial charge < -0.3 is 0 Å². The molecule has 72 valence electrons. The number of hydrogen-bond acceptors (Lipinski definition) is 3. The zero-order valence-electron chi connectivity index (χ0n) is 8.09. The molecule has 3 nitrogen and oxygen atoms in total. The van der Waals surface area contributed by atoms with Gasteiger partial charge in [-0.1, -0.05) is 6.07 Å². The van der Waals surface area contributed by atoms with Gasteiger partial charge in [-0.3, -0.25) is 9.97 Å². The third-order valence-electron chi connectivity index (χ3n) is 2.08.